The maximum Gasteiger partial charge on any atom is 0.256 e. The normalized spacial score (nSPS) is 22.9. The van der Waals surface area contributed by atoms with Gasteiger partial charge in [-0.15, -0.1) is 0 Å². The molecule has 0 radical (unpaired) electrons. The van der Waals surface area contributed by atoms with Crippen LogP contribution in [-0.4, -0.2) is 61.1 Å². The number of hydrogen-bond donors (Lipinski definition) is 0. The highest BCUT2D eigenvalue weighted by Crippen LogP contribution is 2.21. The predicted octanol–water partition coefficient (Wildman–Crippen LogP) is 2.77. The van der Waals surface area contributed by atoms with Gasteiger partial charge < -0.3 is 9.64 Å². The average Bonchev–Trinajstić information content (AvgIpc) is 2.48. The van der Waals surface area contributed by atoms with E-state index in [9.17, 15) is 9.18 Å². The van der Waals surface area contributed by atoms with Gasteiger partial charge in [-0.2, -0.15) is 0 Å². The molecule has 1 saturated heterocycles. The summed E-state index contributed by atoms with van der Waals surface area (Å²) in [4.78, 5) is 16.7. The van der Waals surface area contributed by atoms with Crippen LogP contribution in [0, 0.1) is 5.82 Å². The first-order valence-corrected chi connectivity index (χ1v) is 8.22. The summed E-state index contributed by atoms with van der Waals surface area (Å²) in [7, 11) is 1.69. The van der Waals surface area contributed by atoms with Crippen LogP contribution in [0.4, 0.5) is 4.39 Å². The second-order valence-corrected chi connectivity index (χ2v) is 6.68. The van der Waals surface area contributed by atoms with Gasteiger partial charge in [0.2, 0.25) is 0 Å². The van der Waals surface area contributed by atoms with Gasteiger partial charge in [0.25, 0.3) is 5.91 Å². The number of carbonyl (C=O) groups excluding carboxylic acids is 1. The fraction of sp³-hybridized carbons (Fsp3) is 0.562. The number of nitrogens with zero attached hydrogens (tertiary/aromatic N) is 2. The molecule has 1 aromatic carbocycles. The fourth-order valence-corrected chi connectivity index (χ4v) is 3.35. The van der Waals surface area contributed by atoms with Gasteiger partial charge in [0, 0.05) is 43.3 Å². The highest BCUT2D eigenvalue weighted by Gasteiger charge is 2.32. The highest BCUT2D eigenvalue weighted by atomic mass is 79.9. The van der Waals surface area contributed by atoms with E-state index in [-0.39, 0.29) is 23.6 Å². The minimum atomic E-state index is -0.477. The molecule has 0 saturated carbocycles. The van der Waals surface area contributed by atoms with Crippen molar-refractivity contribution in [1.29, 1.82) is 0 Å². The summed E-state index contributed by atoms with van der Waals surface area (Å²) >= 11 is 3.29. The number of methoxy groups -OCH3 is 1. The van der Waals surface area contributed by atoms with Crippen LogP contribution in [0.5, 0.6) is 0 Å². The largest absolute Gasteiger partial charge is 0.383 e. The topological polar surface area (TPSA) is 32.8 Å². The van der Waals surface area contributed by atoms with Crippen molar-refractivity contribution in [2.24, 2.45) is 0 Å². The Morgan fingerprint density at radius 2 is 2.00 bits per heavy atom. The van der Waals surface area contributed by atoms with E-state index in [0.29, 0.717) is 24.2 Å². The van der Waals surface area contributed by atoms with E-state index in [4.69, 9.17) is 4.74 Å². The summed E-state index contributed by atoms with van der Waals surface area (Å²) in [5.74, 6) is -0.723. The first kappa shape index (κ1) is 17.4. The first-order chi connectivity index (χ1) is 10.4. The van der Waals surface area contributed by atoms with Crippen molar-refractivity contribution >= 4 is 21.8 Å². The Labute approximate surface area is 139 Å². The fourth-order valence-electron chi connectivity index (χ4n) is 2.99. The third-order valence-electron chi connectivity index (χ3n) is 4.10. The lowest BCUT2D eigenvalue weighted by Crippen LogP contribution is -2.58. The first-order valence-electron chi connectivity index (χ1n) is 7.43. The molecule has 1 aliphatic rings. The van der Waals surface area contributed by atoms with E-state index < -0.39 is 5.82 Å². The van der Waals surface area contributed by atoms with Crippen LogP contribution in [0.2, 0.25) is 0 Å². The van der Waals surface area contributed by atoms with Gasteiger partial charge in [-0.05, 0) is 32.0 Å². The Balaban J connectivity index is 2.11. The van der Waals surface area contributed by atoms with Gasteiger partial charge in [-0.1, -0.05) is 15.9 Å². The van der Waals surface area contributed by atoms with E-state index in [1.165, 1.54) is 6.07 Å². The monoisotopic (exact) mass is 372 g/mol. The molecule has 22 heavy (non-hydrogen) atoms. The zero-order chi connectivity index (χ0) is 16.3. The van der Waals surface area contributed by atoms with Gasteiger partial charge in [-0.3, -0.25) is 9.69 Å². The van der Waals surface area contributed by atoms with E-state index in [0.717, 1.165) is 6.54 Å². The molecule has 122 valence electrons. The van der Waals surface area contributed by atoms with E-state index in [2.05, 4.69) is 34.7 Å². The molecule has 0 unspecified atom stereocenters. The number of carbonyl (C=O) groups is 1. The molecule has 1 fully saturated rings. The summed E-state index contributed by atoms with van der Waals surface area (Å²) in [6.07, 6.45) is 0. The molecule has 0 bridgehead atoms. The lowest BCUT2D eigenvalue weighted by atomic mass is 10.1. The van der Waals surface area contributed by atoms with Crippen molar-refractivity contribution < 1.29 is 13.9 Å². The Hall–Kier alpha value is -0.980. The summed E-state index contributed by atoms with van der Waals surface area (Å²) in [6.45, 7) is 6.87. The summed E-state index contributed by atoms with van der Waals surface area (Å²) in [5, 5.41) is 0. The number of hydrogen-bond acceptors (Lipinski definition) is 3. The minimum Gasteiger partial charge on any atom is -0.383 e. The van der Waals surface area contributed by atoms with E-state index in [1.54, 1.807) is 24.1 Å². The van der Waals surface area contributed by atoms with E-state index >= 15 is 0 Å². The number of benzene rings is 1. The van der Waals surface area contributed by atoms with Crippen LogP contribution in [0.15, 0.2) is 22.7 Å². The summed E-state index contributed by atoms with van der Waals surface area (Å²) in [6, 6.07) is 4.90. The Morgan fingerprint density at radius 3 is 2.59 bits per heavy atom. The van der Waals surface area contributed by atoms with Gasteiger partial charge in [0.05, 0.1) is 12.2 Å². The molecule has 0 N–H and O–H groups in total. The molecule has 6 heteroatoms. The number of amides is 1. The van der Waals surface area contributed by atoms with Crippen molar-refractivity contribution in [3.05, 3.63) is 34.1 Å². The van der Waals surface area contributed by atoms with Crippen LogP contribution < -0.4 is 0 Å². The number of rotatable bonds is 4. The molecule has 4 nitrogen and oxygen atoms in total. The maximum atomic E-state index is 13.9. The zero-order valence-corrected chi connectivity index (χ0v) is 14.8. The standard InChI is InChI=1S/C16H22BrFN2O2/c1-11-9-19(10-12(2)20(11)6-7-22-3)16(21)14-8-13(17)4-5-15(14)18/h4-5,8,11-12H,6-7,9-10H2,1-3H3/t11-,12-/m0/s1. The lowest BCUT2D eigenvalue weighted by molar-refractivity contribution is 0.0191. The average molecular weight is 373 g/mol. The van der Waals surface area contributed by atoms with Gasteiger partial charge >= 0.3 is 0 Å². The number of piperazine rings is 1. The van der Waals surface area contributed by atoms with Crippen LogP contribution in [0.1, 0.15) is 24.2 Å². The van der Waals surface area contributed by atoms with Crippen molar-refractivity contribution in [3.63, 3.8) is 0 Å². The van der Waals surface area contributed by atoms with Gasteiger partial charge in [-0.25, -0.2) is 4.39 Å². The van der Waals surface area contributed by atoms with E-state index in [1.807, 2.05) is 0 Å². The number of halogens is 2. The second-order valence-electron chi connectivity index (χ2n) is 5.76. The van der Waals surface area contributed by atoms with Crippen LogP contribution >= 0.6 is 15.9 Å². The van der Waals surface area contributed by atoms with Crippen LogP contribution in [-0.2, 0) is 4.74 Å². The van der Waals surface area contributed by atoms with Crippen LogP contribution in [0.3, 0.4) is 0 Å². The predicted molar refractivity (Wildman–Crippen MR) is 87.5 cm³/mol. The SMILES string of the molecule is COCCN1[C@@H](C)CN(C(=O)c2cc(Br)ccc2F)C[C@@H]1C. The Morgan fingerprint density at radius 1 is 1.36 bits per heavy atom. The highest BCUT2D eigenvalue weighted by molar-refractivity contribution is 9.10. The van der Waals surface area contributed by atoms with Gasteiger partial charge in [0.1, 0.15) is 5.82 Å². The summed E-state index contributed by atoms with van der Waals surface area (Å²) in [5.41, 5.74) is 0.124. The second kappa shape index (κ2) is 7.53. The maximum absolute atomic E-state index is 13.9. The van der Waals surface area contributed by atoms with Gasteiger partial charge in [0.15, 0.2) is 0 Å². The Bertz CT molecular complexity index is 529. The zero-order valence-electron chi connectivity index (χ0n) is 13.2. The smallest absolute Gasteiger partial charge is 0.256 e. The molecule has 1 heterocycles. The summed E-state index contributed by atoms with van der Waals surface area (Å²) < 4.78 is 19.8. The van der Waals surface area contributed by atoms with Crippen molar-refractivity contribution in [3.8, 4) is 0 Å². The molecule has 1 amide bonds. The van der Waals surface area contributed by atoms with Crippen molar-refractivity contribution in [2.45, 2.75) is 25.9 Å². The molecule has 0 aromatic heterocycles. The number of ether oxygens (including phenoxy) is 1. The van der Waals surface area contributed by atoms with Crippen molar-refractivity contribution in [2.75, 3.05) is 33.4 Å². The third-order valence-corrected chi connectivity index (χ3v) is 4.59. The van der Waals surface area contributed by atoms with Crippen molar-refractivity contribution in [1.82, 2.24) is 9.80 Å². The molecule has 2 atom stereocenters. The molecule has 0 aliphatic carbocycles. The minimum absolute atomic E-state index is 0.124. The molecular formula is C16H22BrFN2O2. The molecular weight excluding hydrogens is 351 g/mol. The Kier molecular flexibility index (Phi) is 5.94. The third kappa shape index (κ3) is 3.86. The molecule has 2 rings (SSSR count). The molecule has 1 aromatic rings. The van der Waals surface area contributed by atoms with Crippen LogP contribution in [0.25, 0.3) is 0 Å². The lowest BCUT2D eigenvalue weighted by Gasteiger charge is -2.44. The molecule has 1 aliphatic heterocycles. The molecule has 0 spiro atoms. The quantitative estimate of drug-likeness (QED) is 0.814.